The highest BCUT2D eigenvalue weighted by Gasteiger charge is 2.23. The van der Waals surface area contributed by atoms with Crippen molar-refractivity contribution >= 4 is 44.8 Å². The van der Waals surface area contributed by atoms with Crippen LogP contribution in [0.3, 0.4) is 0 Å². The van der Waals surface area contributed by atoms with Crippen LogP contribution in [0.4, 0.5) is 11.4 Å². The average Bonchev–Trinajstić information content (AvgIpc) is 3.22. The Balaban J connectivity index is 1.51. The van der Waals surface area contributed by atoms with Crippen LogP contribution in [-0.2, 0) is 27.8 Å². The summed E-state index contributed by atoms with van der Waals surface area (Å²) in [5, 5.41) is 2.81. The van der Waals surface area contributed by atoms with E-state index in [1.165, 1.54) is 25.1 Å². The lowest BCUT2D eigenvalue weighted by Gasteiger charge is -2.15. The molecule has 33 heavy (non-hydrogen) atoms. The van der Waals surface area contributed by atoms with Gasteiger partial charge in [0.2, 0.25) is 15.9 Å². The topological polar surface area (TPSA) is 95.6 Å². The summed E-state index contributed by atoms with van der Waals surface area (Å²) in [6, 6.07) is 18.5. The normalized spacial score (nSPS) is 13.0. The molecule has 2 amide bonds. The molecule has 0 radical (unpaired) electrons. The molecule has 0 spiro atoms. The van der Waals surface area contributed by atoms with Gasteiger partial charge >= 0.3 is 0 Å². The Kier molecular flexibility index (Phi) is 6.51. The first-order valence-electron chi connectivity index (χ1n) is 10.3. The molecule has 0 aromatic heterocycles. The maximum absolute atomic E-state index is 12.8. The van der Waals surface area contributed by atoms with E-state index >= 15 is 0 Å². The Bertz CT molecular complexity index is 1330. The molecular formula is C24H22ClN3O4S. The number of hydrogen-bond acceptors (Lipinski definition) is 4. The van der Waals surface area contributed by atoms with Crippen molar-refractivity contribution in [3.63, 3.8) is 0 Å². The lowest BCUT2D eigenvalue weighted by atomic mass is 10.1. The molecule has 0 atom stereocenters. The summed E-state index contributed by atoms with van der Waals surface area (Å²) in [7, 11) is -3.94. The minimum atomic E-state index is -3.94. The molecule has 1 heterocycles. The Morgan fingerprint density at radius 1 is 1.03 bits per heavy atom. The van der Waals surface area contributed by atoms with Crippen LogP contribution in [0.15, 0.2) is 71.6 Å². The van der Waals surface area contributed by atoms with E-state index < -0.39 is 15.9 Å². The number of sulfonamides is 1. The van der Waals surface area contributed by atoms with Gasteiger partial charge in [-0.2, -0.15) is 0 Å². The SMILES string of the molecule is CC(=O)N1CCc2cc(NC(=O)c3ccc(Cl)c(S(=O)(=O)NCc4ccccc4)c3)ccc21. The van der Waals surface area contributed by atoms with E-state index in [0.717, 1.165) is 16.8 Å². The number of halogens is 1. The fourth-order valence-corrected chi connectivity index (χ4v) is 5.25. The van der Waals surface area contributed by atoms with Crippen molar-refractivity contribution in [1.82, 2.24) is 4.72 Å². The van der Waals surface area contributed by atoms with Crippen molar-refractivity contribution in [2.75, 3.05) is 16.8 Å². The zero-order valence-corrected chi connectivity index (χ0v) is 19.4. The van der Waals surface area contributed by atoms with E-state index in [0.29, 0.717) is 18.7 Å². The molecule has 1 aliphatic heterocycles. The highest BCUT2D eigenvalue weighted by atomic mass is 35.5. The van der Waals surface area contributed by atoms with Crippen molar-refractivity contribution in [2.24, 2.45) is 0 Å². The molecule has 0 saturated carbocycles. The van der Waals surface area contributed by atoms with Gasteiger partial charge in [-0.15, -0.1) is 0 Å². The van der Waals surface area contributed by atoms with E-state index in [1.807, 2.05) is 24.3 Å². The fourth-order valence-electron chi connectivity index (χ4n) is 3.71. The monoisotopic (exact) mass is 483 g/mol. The number of anilines is 2. The largest absolute Gasteiger partial charge is 0.322 e. The molecular weight excluding hydrogens is 462 g/mol. The predicted molar refractivity (Wildman–Crippen MR) is 128 cm³/mol. The first-order valence-corrected chi connectivity index (χ1v) is 12.2. The van der Waals surface area contributed by atoms with Crippen LogP contribution in [-0.4, -0.2) is 26.8 Å². The predicted octanol–water partition coefficient (Wildman–Crippen LogP) is 3.98. The lowest BCUT2D eigenvalue weighted by molar-refractivity contribution is -0.116. The highest BCUT2D eigenvalue weighted by molar-refractivity contribution is 7.89. The third-order valence-electron chi connectivity index (χ3n) is 5.41. The molecule has 2 N–H and O–H groups in total. The van der Waals surface area contributed by atoms with Gasteiger partial charge in [-0.3, -0.25) is 9.59 Å². The molecule has 4 rings (SSSR count). The second-order valence-electron chi connectivity index (χ2n) is 7.67. The molecule has 3 aromatic rings. The van der Waals surface area contributed by atoms with Gasteiger partial charge in [0, 0.05) is 37.0 Å². The third kappa shape index (κ3) is 5.08. The van der Waals surface area contributed by atoms with Gasteiger partial charge in [-0.25, -0.2) is 13.1 Å². The van der Waals surface area contributed by atoms with Gasteiger partial charge in [0.25, 0.3) is 5.91 Å². The van der Waals surface area contributed by atoms with Crippen LogP contribution in [0.5, 0.6) is 0 Å². The van der Waals surface area contributed by atoms with E-state index in [2.05, 4.69) is 10.0 Å². The van der Waals surface area contributed by atoms with Gasteiger partial charge < -0.3 is 10.2 Å². The van der Waals surface area contributed by atoms with Crippen LogP contribution in [0.25, 0.3) is 0 Å². The molecule has 0 bridgehead atoms. The van der Waals surface area contributed by atoms with Gasteiger partial charge in [-0.05, 0) is 53.9 Å². The lowest BCUT2D eigenvalue weighted by Crippen LogP contribution is -2.25. The number of hydrogen-bond donors (Lipinski definition) is 2. The van der Waals surface area contributed by atoms with Crippen molar-refractivity contribution in [1.29, 1.82) is 0 Å². The number of carbonyl (C=O) groups is 2. The number of carbonyl (C=O) groups excluding carboxylic acids is 2. The Hall–Kier alpha value is -3.20. The van der Waals surface area contributed by atoms with Gasteiger partial charge in [0.05, 0.1) is 5.02 Å². The number of nitrogens with one attached hydrogen (secondary N) is 2. The smallest absolute Gasteiger partial charge is 0.255 e. The fraction of sp³-hybridized carbons (Fsp3) is 0.167. The number of rotatable bonds is 6. The maximum Gasteiger partial charge on any atom is 0.255 e. The quantitative estimate of drug-likeness (QED) is 0.554. The van der Waals surface area contributed by atoms with Gasteiger partial charge in [0.1, 0.15) is 4.90 Å². The average molecular weight is 484 g/mol. The van der Waals surface area contributed by atoms with Crippen molar-refractivity contribution < 1.29 is 18.0 Å². The third-order valence-corrected chi connectivity index (χ3v) is 7.29. The molecule has 0 saturated heterocycles. The minimum absolute atomic E-state index is 0.0222. The summed E-state index contributed by atoms with van der Waals surface area (Å²) in [5.74, 6) is -0.492. The van der Waals surface area contributed by atoms with E-state index in [4.69, 9.17) is 11.6 Å². The van der Waals surface area contributed by atoms with Crippen molar-refractivity contribution in [3.05, 3.63) is 88.4 Å². The molecule has 0 fully saturated rings. The second-order valence-corrected chi connectivity index (χ2v) is 9.82. The molecule has 9 heteroatoms. The minimum Gasteiger partial charge on any atom is -0.322 e. The summed E-state index contributed by atoms with van der Waals surface area (Å²) in [6.45, 7) is 2.23. The van der Waals surface area contributed by atoms with Crippen molar-refractivity contribution in [3.8, 4) is 0 Å². The first kappa shape index (κ1) is 23.0. The van der Waals surface area contributed by atoms with Crippen LogP contribution in [0, 0.1) is 0 Å². The zero-order chi connectivity index (χ0) is 23.6. The van der Waals surface area contributed by atoms with Crippen LogP contribution < -0.4 is 14.9 Å². The van der Waals surface area contributed by atoms with E-state index in [-0.39, 0.29) is 27.9 Å². The molecule has 3 aromatic carbocycles. The second kappa shape index (κ2) is 9.35. The summed E-state index contributed by atoms with van der Waals surface area (Å²) < 4.78 is 28.1. The van der Waals surface area contributed by atoms with Gasteiger partial charge in [0.15, 0.2) is 0 Å². The van der Waals surface area contributed by atoms with E-state index in [1.54, 1.807) is 29.2 Å². The number of nitrogens with zero attached hydrogens (tertiary/aromatic N) is 1. The maximum atomic E-state index is 12.8. The Labute approximate surface area is 197 Å². The van der Waals surface area contributed by atoms with Crippen LogP contribution >= 0.6 is 11.6 Å². The van der Waals surface area contributed by atoms with Gasteiger partial charge in [-0.1, -0.05) is 41.9 Å². The highest BCUT2D eigenvalue weighted by Crippen LogP contribution is 2.31. The summed E-state index contributed by atoms with van der Waals surface area (Å²) >= 11 is 6.15. The zero-order valence-electron chi connectivity index (χ0n) is 17.8. The van der Waals surface area contributed by atoms with Crippen LogP contribution in [0.2, 0.25) is 5.02 Å². The standard InChI is InChI=1S/C24H22ClN3O4S/c1-16(29)28-12-11-18-13-20(8-10-22(18)28)27-24(30)19-7-9-21(25)23(14-19)33(31,32)26-15-17-5-3-2-4-6-17/h2-10,13-14,26H,11-12,15H2,1H3,(H,27,30). The summed E-state index contributed by atoms with van der Waals surface area (Å²) in [6.07, 6.45) is 0.703. The van der Waals surface area contributed by atoms with E-state index in [9.17, 15) is 18.0 Å². The molecule has 0 unspecified atom stereocenters. The van der Waals surface area contributed by atoms with Crippen molar-refractivity contribution in [2.45, 2.75) is 24.8 Å². The van der Waals surface area contributed by atoms with Crippen LogP contribution in [0.1, 0.15) is 28.4 Å². The molecule has 7 nitrogen and oxygen atoms in total. The Morgan fingerprint density at radius 2 is 1.79 bits per heavy atom. The molecule has 1 aliphatic rings. The number of fused-ring (bicyclic) bond motifs is 1. The summed E-state index contributed by atoms with van der Waals surface area (Å²) in [5.41, 5.74) is 3.32. The summed E-state index contributed by atoms with van der Waals surface area (Å²) in [4.78, 5) is 26.1. The molecule has 0 aliphatic carbocycles. The first-order chi connectivity index (χ1) is 15.7. The molecule has 170 valence electrons. The number of amides is 2. The Morgan fingerprint density at radius 3 is 2.52 bits per heavy atom. The number of benzene rings is 3.